The lowest BCUT2D eigenvalue weighted by molar-refractivity contribution is -0.132. The van der Waals surface area contributed by atoms with Gasteiger partial charge < -0.3 is 14.5 Å². The highest BCUT2D eigenvalue weighted by atomic mass is 16.5. The third-order valence-corrected chi connectivity index (χ3v) is 3.66. The first-order valence-electron chi connectivity index (χ1n) is 6.86. The molecule has 0 radical (unpaired) electrons. The molecule has 2 rings (SSSR count). The standard InChI is InChI=1S/C15H22N2O2/c1-3-16-7-9-17(10-8-16)15(18)12-13-5-4-6-14(11-13)19-2/h4-6,11H,3,7-10,12H2,1-2H3. The molecular formula is C15H22N2O2. The highest BCUT2D eigenvalue weighted by Gasteiger charge is 2.20. The number of carbonyl (C=O) groups excluding carboxylic acids is 1. The predicted octanol–water partition coefficient (Wildman–Crippen LogP) is 1.40. The van der Waals surface area contributed by atoms with Crippen LogP contribution in [-0.2, 0) is 11.2 Å². The zero-order valence-electron chi connectivity index (χ0n) is 11.8. The Hall–Kier alpha value is -1.55. The molecule has 0 aromatic heterocycles. The van der Waals surface area contributed by atoms with Crippen molar-refractivity contribution in [1.82, 2.24) is 9.80 Å². The normalized spacial score (nSPS) is 16.4. The monoisotopic (exact) mass is 262 g/mol. The first-order chi connectivity index (χ1) is 9.22. The first kappa shape index (κ1) is 13.9. The zero-order valence-corrected chi connectivity index (χ0v) is 11.8. The van der Waals surface area contributed by atoms with Gasteiger partial charge in [0.2, 0.25) is 5.91 Å². The van der Waals surface area contributed by atoms with Gasteiger partial charge in [-0.1, -0.05) is 19.1 Å². The van der Waals surface area contributed by atoms with E-state index in [1.54, 1.807) is 7.11 Å². The van der Waals surface area contributed by atoms with E-state index in [4.69, 9.17) is 4.74 Å². The van der Waals surface area contributed by atoms with Crippen molar-refractivity contribution in [2.45, 2.75) is 13.3 Å². The van der Waals surface area contributed by atoms with Gasteiger partial charge in [-0.3, -0.25) is 4.79 Å². The van der Waals surface area contributed by atoms with Gasteiger partial charge in [0.05, 0.1) is 13.5 Å². The van der Waals surface area contributed by atoms with Crippen molar-refractivity contribution in [2.75, 3.05) is 39.8 Å². The number of amides is 1. The molecule has 1 aromatic rings. The van der Waals surface area contributed by atoms with E-state index in [1.165, 1.54) is 0 Å². The molecule has 1 saturated heterocycles. The predicted molar refractivity (Wildman–Crippen MR) is 75.4 cm³/mol. The van der Waals surface area contributed by atoms with Crippen LogP contribution < -0.4 is 4.74 Å². The van der Waals surface area contributed by atoms with E-state index in [2.05, 4.69) is 11.8 Å². The second-order valence-electron chi connectivity index (χ2n) is 4.84. The average Bonchev–Trinajstić information content (AvgIpc) is 2.47. The Kier molecular flexibility index (Phi) is 4.80. The van der Waals surface area contributed by atoms with Gasteiger partial charge in [-0.15, -0.1) is 0 Å². The molecule has 0 saturated carbocycles. The van der Waals surface area contributed by atoms with Crippen LogP contribution in [0.15, 0.2) is 24.3 Å². The SMILES string of the molecule is CCN1CCN(C(=O)Cc2cccc(OC)c2)CC1. The van der Waals surface area contributed by atoms with E-state index in [0.717, 1.165) is 44.0 Å². The summed E-state index contributed by atoms with van der Waals surface area (Å²) in [5.41, 5.74) is 1.02. The number of likely N-dealkylation sites (N-methyl/N-ethyl adjacent to an activating group) is 1. The minimum atomic E-state index is 0.212. The summed E-state index contributed by atoms with van der Waals surface area (Å²) in [5.74, 6) is 1.02. The molecule has 0 spiro atoms. The van der Waals surface area contributed by atoms with Crippen molar-refractivity contribution in [3.8, 4) is 5.75 Å². The lowest BCUT2D eigenvalue weighted by Gasteiger charge is -2.34. The number of hydrogen-bond acceptors (Lipinski definition) is 3. The number of methoxy groups -OCH3 is 1. The zero-order chi connectivity index (χ0) is 13.7. The molecule has 0 bridgehead atoms. The van der Waals surface area contributed by atoms with Gasteiger partial charge in [-0.2, -0.15) is 0 Å². The largest absolute Gasteiger partial charge is 0.497 e. The Bertz CT molecular complexity index is 426. The maximum absolute atomic E-state index is 12.2. The molecule has 0 atom stereocenters. The number of nitrogens with zero attached hydrogens (tertiary/aromatic N) is 2. The summed E-state index contributed by atoms with van der Waals surface area (Å²) in [5, 5.41) is 0. The lowest BCUT2D eigenvalue weighted by Crippen LogP contribution is -2.48. The lowest BCUT2D eigenvalue weighted by atomic mass is 10.1. The summed E-state index contributed by atoms with van der Waals surface area (Å²) >= 11 is 0. The molecule has 0 aliphatic carbocycles. The summed E-state index contributed by atoms with van der Waals surface area (Å²) in [6.45, 7) is 6.89. The average molecular weight is 262 g/mol. The van der Waals surface area contributed by atoms with Crippen molar-refractivity contribution in [3.05, 3.63) is 29.8 Å². The third kappa shape index (κ3) is 3.70. The van der Waals surface area contributed by atoms with Crippen molar-refractivity contribution < 1.29 is 9.53 Å². The van der Waals surface area contributed by atoms with E-state index >= 15 is 0 Å². The summed E-state index contributed by atoms with van der Waals surface area (Å²) in [6, 6.07) is 7.73. The van der Waals surface area contributed by atoms with Crippen LogP contribution in [0.2, 0.25) is 0 Å². The number of ether oxygens (including phenoxy) is 1. The molecule has 1 fully saturated rings. The number of piperazine rings is 1. The summed E-state index contributed by atoms with van der Waals surface area (Å²) in [6.07, 6.45) is 0.462. The Balaban J connectivity index is 1.90. The van der Waals surface area contributed by atoms with Crippen molar-refractivity contribution in [2.24, 2.45) is 0 Å². The van der Waals surface area contributed by atoms with Crippen LogP contribution in [0.1, 0.15) is 12.5 Å². The van der Waals surface area contributed by atoms with Crippen molar-refractivity contribution in [1.29, 1.82) is 0 Å². The first-order valence-corrected chi connectivity index (χ1v) is 6.86. The number of benzene rings is 1. The molecule has 104 valence electrons. The third-order valence-electron chi connectivity index (χ3n) is 3.66. The smallest absolute Gasteiger partial charge is 0.227 e. The second-order valence-corrected chi connectivity index (χ2v) is 4.84. The molecule has 4 nitrogen and oxygen atoms in total. The summed E-state index contributed by atoms with van der Waals surface area (Å²) in [4.78, 5) is 16.6. The van der Waals surface area contributed by atoms with Gasteiger partial charge in [0, 0.05) is 26.2 Å². The molecular weight excluding hydrogens is 240 g/mol. The minimum Gasteiger partial charge on any atom is -0.497 e. The number of rotatable bonds is 4. The minimum absolute atomic E-state index is 0.212. The molecule has 0 unspecified atom stereocenters. The van der Waals surface area contributed by atoms with Crippen molar-refractivity contribution >= 4 is 5.91 Å². The Labute approximate surface area is 115 Å². The van der Waals surface area contributed by atoms with Gasteiger partial charge in [0.1, 0.15) is 5.75 Å². The maximum Gasteiger partial charge on any atom is 0.227 e. The van der Waals surface area contributed by atoms with Crippen LogP contribution in [0.5, 0.6) is 5.75 Å². The fourth-order valence-corrected chi connectivity index (χ4v) is 2.38. The van der Waals surface area contributed by atoms with Crippen LogP contribution >= 0.6 is 0 Å². The van der Waals surface area contributed by atoms with Crippen molar-refractivity contribution in [3.63, 3.8) is 0 Å². The molecule has 1 aliphatic rings. The summed E-state index contributed by atoms with van der Waals surface area (Å²) in [7, 11) is 1.64. The molecule has 1 heterocycles. The maximum atomic E-state index is 12.2. The molecule has 0 N–H and O–H groups in total. The Morgan fingerprint density at radius 2 is 2.00 bits per heavy atom. The van der Waals surface area contributed by atoms with Crippen LogP contribution in [0.3, 0.4) is 0 Å². The fraction of sp³-hybridized carbons (Fsp3) is 0.533. The Morgan fingerprint density at radius 1 is 1.26 bits per heavy atom. The molecule has 1 aliphatic heterocycles. The summed E-state index contributed by atoms with van der Waals surface area (Å²) < 4.78 is 5.18. The molecule has 19 heavy (non-hydrogen) atoms. The van der Waals surface area contributed by atoms with Crippen LogP contribution in [0.4, 0.5) is 0 Å². The highest BCUT2D eigenvalue weighted by molar-refractivity contribution is 5.79. The van der Waals surface area contributed by atoms with Gasteiger partial charge in [-0.25, -0.2) is 0 Å². The molecule has 4 heteroatoms. The Morgan fingerprint density at radius 3 is 2.63 bits per heavy atom. The van der Waals surface area contributed by atoms with Gasteiger partial charge in [0.15, 0.2) is 0 Å². The van der Waals surface area contributed by atoms with Gasteiger partial charge >= 0.3 is 0 Å². The van der Waals surface area contributed by atoms with E-state index in [9.17, 15) is 4.79 Å². The van der Waals surface area contributed by atoms with Gasteiger partial charge in [0.25, 0.3) is 0 Å². The fourth-order valence-electron chi connectivity index (χ4n) is 2.38. The second kappa shape index (κ2) is 6.57. The molecule has 1 amide bonds. The number of hydrogen-bond donors (Lipinski definition) is 0. The van der Waals surface area contributed by atoms with Crippen LogP contribution in [0.25, 0.3) is 0 Å². The van der Waals surface area contributed by atoms with Crippen LogP contribution in [-0.4, -0.2) is 55.5 Å². The van der Waals surface area contributed by atoms with E-state index in [-0.39, 0.29) is 5.91 Å². The van der Waals surface area contributed by atoms with Crippen LogP contribution in [0, 0.1) is 0 Å². The highest BCUT2D eigenvalue weighted by Crippen LogP contribution is 2.14. The molecule has 1 aromatic carbocycles. The quantitative estimate of drug-likeness (QED) is 0.822. The van der Waals surface area contributed by atoms with E-state index in [0.29, 0.717) is 6.42 Å². The van der Waals surface area contributed by atoms with Gasteiger partial charge in [-0.05, 0) is 24.2 Å². The van der Waals surface area contributed by atoms with E-state index in [1.807, 2.05) is 29.2 Å². The topological polar surface area (TPSA) is 32.8 Å². The number of carbonyl (C=O) groups is 1. The van der Waals surface area contributed by atoms with E-state index < -0.39 is 0 Å².